The number of nitrogens with one attached hydrogen (secondary N) is 1. The number of piperidine rings is 1. The number of benzene rings is 1. The summed E-state index contributed by atoms with van der Waals surface area (Å²) in [5, 5.41) is 7.57. The maximum Gasteiger partial charge on any atom is 0.311 e. The van der Waals surface area contributed by atoms with Crippen LogP contribution in [0, 0.1) is 5.92 Å². The standard InChI is InChI=1S/C15H21N3O4S/c1-11-3-2-8-18(10-11)15(20)14(19)17-9-12-4-6-13(7-5-12)23(16,21)22/h4-7,11H,2-3,8-10H2,1H3,(H,17,19)(H2,16,21,22). The van der Waals surface area contributed by atoms with Crippen LogP contribution in [0.1, 0.15) is 25.3 Å². The smallest absolute Gasteiger partial charge is 0.311 e. The fourth-order valence-corrected chi connectivity index (χ4v) is 3.09. The molecule has 7 nitrogen and oxygen atoms in total. The Balaban J connectivity index is 1.90. The first-order chi connectivity index (χ1) is 10.8. The Kier molecular flexibility index (Phi) is 5.38. The number of nitrogens with two attached hydrogens (primary N) is 1. The van der Waals surface area contributed by atoms with E-state index in [2.05, 4.69) is 12.2 Å². The van der Waals surface area contributed by atoms with Crippen molar-refractivity contribution in [3.8, 4) is 0 Å². The third kappa shape index (κ3) is 4.77. The molecule has 0 aromatic heterocycles. The van der Waals surface area contributed by atoms with Crippen LogP contribution < -0.4 is 10.5 Å². The van der Waals surface area contributed by atoms with Gasteiger partial charge in [-0.2, -0.15) is 0 Å². The molecule has 0 aliphatic carbocycles. The topological polar surface area (TPSA) is 110 Å². The normalized spacial score (nSPS) is 18.5. The van der Waals surface area contributed by atoms with Crippen molar-refractivity contribution in [3.05, 3.63) is 29.8 Å². The number of carbonyl (C=O) groups excluding carboxylic acids is 2. The first kappa shape index (κ1) is 17.4. The average molecular weight is 339 g/mol. The van der Waals surface area contributed by atoms with E-state index < -0.39 is 21.8 Å². The molecule has 1 heterocycles. The van der Waals surface area contributed by atoms with Gasteiger partial charge < -0.3 is 10.2 Å². The zero-order valence-corrected chi connectivity index (χ0v) is 13.8. The molecular formula is C15H21N3O4S. The number of carbonyl (C=O) groups is 2. The maximum atomic E-state index is 12.1. The van der Waals surface area contributed by atoms with Crippen LogP contribution in [0.2, 0.25) is 0 Å². The largest absolute Gasteiger partial charge is 0.344 e. The first-order valence-electron chi connectivity index (χ1n) is 7.46. The minimum Gasteiger partial charge on any atom is -0.344 e. The minimum atomic E-state index is -3.73. The number of nitrogens with zero attached hydrogens (tertiary/aromatic N) is 1. The predicted octanol–water partition coefficient (Wildman–Crippen LogP) is 0.209. The molecule has 1 unspecified atom stereocenters. The highest BCUT2D eigenvalue weighted by Gasteiger charge is 2.25. The van der Waals surface area contributed by atoms with Gasteiger partial charge >= 0.3 is 11.8 Å². The van der Waals surface area contributed by atoms with Crippen LogP contribution in [0.4, 0.5) is 0 Å². The van der Waals surface area contributed by atoms with Gasteiger partial charge in [0.25, 0.3) is 0 Å². The van der Waals surface area contributed by atoms with Crippen molar-refractivity contribution in [3.63, 3.8) is 0 Å². The minimum absolute atomic E-state index is 0.00552. The lowest BCUT2D eigenvalue weighted by Gasteiger charge is -2.30. The molecule has 1 aromatic rings. The van der Waals surface area contributed by atoms with E-state index in [0.29, 0.717) is 24.6 Å². The number of amides is 2. The van der Waals surface area contributed by atoms with Crippen LogP contribution in [0.3, 0.4) is 0 Å². The molecule has 1 saturated heterocycles. The van der Waals surface area contributed by atoms with E-state index in [0.717, 1.165) is 12.8 Å². The van der Waals surface area contributed by atoms with Crippen LogP contribution in [0.15, 0.2) is 29.2 Å². The van der Waals surface area contributed by atoms with Gasteiger partial charge in [-0.25, -0.2) is 13.6 Å². The molecule has 1 fully saturated rings. The van der Waals surface area contributed by atoms with Crippen molar-refractivity contribution in [2.45, 2.75) is 31.2 Å². The molecule has 126 valence electrons. The van der Waals surface area contributed by atoms with Crippen molar-refractivity contribution in [1.29, 1.82) is 0 Å². The summed E-state index contributed by atoms with van der Waals surface area (Å²) in [5.41, 5.74) is 0.686. The molecule has 1 aliphatic rings. The van der Waals surface area contributed by atoms with Gasteiger partial charge in [-0.05, 0) is 36.5 Å². The zero-order valence-electron chi connectivity index (χ0n) is 13.0. The van der Waals surface area contributed by atoms with Crippen LogP contribution in [0.5, 0.6) is 0 Å². The summed E-state index contributed by atoms with van der Waals surface area (Å²) in [6.45, 7) is 3.43. The summed E-state index contributed by atoms with van der Waals surface area (Å²) in [7, 11) is -3.73. The summed E-state index contributed by atoms with van der Waals surface area (Å²) >= 11 is 0. The van der Waals surface area contributed by atoms with Crippen LogP contribution >= 0.6 is 0 Å². The van der Waals surface area contributed by atoms with Gasteiger partial charge in [-0.15, -0.1) is 0 Å². The van der Waals surface area contributed by atoms with Crippen molar-refractivity contribution in [2.24, 2.45) is 11.1 Å². The number of hydrogen-bond donors (Lipinski definition) is 2. The summed E-state index contributed by atoms with van der Waals surface area (Å²) in [4.78, 5) is 25.6. The summed E-state index contributed by atoms with van der Waals surface area (Å²) in [6.07, 6.45) is 1.98. The van der Waals surface area contributed by atoms with E-state index in [9.17, 15) is 18.0 Å². The van der Waals surface area contributed by atoms with Gasteiger partial charge in [0.15, 0.2) is 0 Å². The monoisotopic (exact) mass is 339 g/mol. The molecule has 0 saturated carbocycles. The Hall–Kier alpha value is -1.93. The van der Waals surface area contributed by atoms with E-state index in [4.69, 9.17) is 5.14 Å². The molecule has 2 amide bonds. The third-order valence-electron chi connectivity index (χ3n) is 3.84. The van der Waals surface area contributed by atoms with Crippen LogP contribution in [0.25, 0.3) is 0 Å². The molecule has 1 atom stereocenters. The second-order valence-corrected chi connectivity index (χ2v) is 7.43. The molecule has 0 radical (unpaired) electrons. The summed E-state index contributed by atoms with van der Waals surface area (Å²) in [6, 6.07) is 5.83. The van der Waals surface area contributed by atoms with Crippen molar-refractivity contribution in [1.82, 2.24) is 10.2 Å². The molecule has 8 heteroatoms. The quantitative estimate of drug-likeness (QED) is 0.767. The van der Waals surface area contributed by atoms with Crippen LogP contribution in [-0.2, 0) is 26.2 Å². The van der Waals surface area contributed by atoms with E-state index >= 15 is 0 Å². The number of likely N-dealkylation sites (tertiary alicyclic amines) is 1. The molecular weight excluding hydrogens is 318 g/mol. The van der Waals surface area contributed by atoms with E-state index in [1.165, 1.54) is 12.1 Å². The first-order valence-corrected chi connectivity index (χ1v) is 9.01. The number of primary sulfonamides is 1. The van der Waals surface area contributed by atoms with Crippen molar-refractivity contribution in [2.75, 3.05) is 13.1 Å². The highest BCUT2D eigenvalue weighted by molar-refractivity contribution is 7.89. The zero-order chi connectivity index (χ0) is 17.0. The molecule has 0 spiro atoms. The molecule has 1 aliphatic heterocycles. The summed E-state index contributed by atoms with van der Waals surface area (Å²) < 4.78 is 22.3. The molecule has 0 bridgehead atoms. The Morgan fingerprint density at radius 2 is 1.96 bits per heavy atom. The number of hydrogen-bond acceptors (Lipinski definition) is 4. The van der Waals surface area contributed by atoms with Gasteiger partial charge in [-0.3, -0.25) is 9.59 Å². The van der Waals surface area contributed by atoms with Gasteiger partial charge in [0, 0.05) is 19.6 Å². The lowest BCUT2D eigenvalue weighted by molar-refractivity contribution is -0.147. The molecule has 23 heavy (non-hydrogen) atoms. The van der Waals surface area contributed by atoms with Gasteiger partial charge in [0.1, 0.15) is 0 Å². The lowest BCUT2D eigenvalue weighted by Crippen LogP contribution is -2.46. The highest BCUT2D eigenvalue weighted by Crippen LogP contribution is 2.15. The fraction of sp³-hybridized carbons (Fsp3) is 0.467. The maximum absolute atomic E-state index is 12.1. The lowest BCUT2D eigenvalue weighted by atomic mass is 10.0. The van der Waals surface area contributed by atoms with Crippen molar-refractivity contribution >= 4 is 21.8 Å². The summed E-state index contributed by atoms with van der Waals surface area (Å²) in [5.74, 6) is -0.751. The van der Waals surface area contributed by atoms with E-state index in [1.807, 2.05) is 0 Å². The number of sulfonamides is 1. The van der Waals surface area contributed by atoms with Gasteiger partial charge in [0.2, 0.25) is 10.0 Å². The SMILES string of the molecule is CC1CCCN(C(=O)C(=O)NCc2ccc(S(N)(=O)=O)cc2)C1. The Bertz CT molecular complexity index is 685. The second-order valence-electron chi connectivity index (χ2n) is 5.87. The fourth-order valence-electron chi connectivity index (χ4n) is 2.57. The Morgan fingerprint density at radius 1 is 1.30 bits per heavy atom. The van der Waals surface area contributed by atoms with E-state index in [1.54, 1.807) is 17.0 Å². The average Bonchev–Trinajstić information content (AvgIpc) is 2.51. The Labute approximate surface area is 135 Å². The van der Waals surface area contributed by atoms with Gasteiger partial charge in [0.05, 0.1) is 4.90 Å². The highest BCUT2D eigenvalue weighted by atomic mass is 32.2. The Morgan fingerprint density at radius 3 is 2.52 bits per heavy atom. The molecule has 2 rings (SSSR count). The number of rotatable bonds is 3. The van der Waals surface area contributed by atoms with Crippen molar-refractivity contribution < 1.29 is 18.0 Å². The van der Waals surface area contributed by atoms with Crippen LogP contribution in [-0.4, -0.2) is 38.2 Å². The second kappa shape index (κ2) is 7.10. The van der Waals surface area contributed by atoms with E-state index in [-0.39, 0.29) is 11.4 Å². The molecule has 3 N–H and O–H groups in total. The third-order valence-corrected chi connectivity index (χ3v) is 4.77. The predicted molar refractivity (Wildman–Crippen MR) is 84.6 cm³/mol. The molecule has 1 aromatic carbocycles. The van der Waals surface area contributed by atoms with Gasteiger partial charge in [-0.1, -0.05) is 19.1 Å².